The molecule has 0 aromatic rings. The van der Waals surface area contributed by atoms with E-state index in [1.165, 1.54) is 0 Å². The first-order valence-electron chi connectivity index (χ1n) is 6.25. The van der Waals surface area contributed by atoms with E-state index in [-0.39, 0.29) is 6.10 Å². The van der Waals surface area contributed by atoms with Crippen LogP contribution in [-0.2, 0) is 0 Å². The van der Waals surface area contributed by atoms with Crippen LogP contribution < -0.4 is 0 Å². The van der Waals surface area contributed by atoms with Crippen LogP contribution in [0.3, 0.4) is 0 Å². The Bertz CT molecular complexity index is 127. The number of aliphatic hydroxyl groups is 2. The molecule has 0 saturated carbocycles. The third-order valence-corrected chi connectivity index (χ3v) is 2.81. The van der Waals surface area contributed by atoms with Crippen LogP contribution in [-0.4, -0.2) is 47.5 Å². The smallest absolute Gasteiger partial charge is 0.0667 e. The molecule has 0 radical (unpaired) electrons. The molecule has 0 rings (SSSR count). The van der Waals surface area contributed by atoms with Crippen LogP contribution in [0.15, 0.2) is 0 Å². The van der Waals surface area contributed by atoms with E-state index in [9.17, 15) is 5.11 Å². The highest BCUT2D eigenvalue weighted by Crippen LogP contribution is 2.06. The van der Waals surface area contributed by atoms with E-state index in [1.54, 1.807) is 0 Å². The van der Waals surface area contributed by atoms with E-state index in [2.05, 4.69) is 18.7 Å². The second-order valence-corrected chi connectivity index (χ2v) is 4.07. The van der Waals surface area contributed by atoms with Crippen LogP contribution >= 0.6 is 0 Å². The van der Waals surface area contributed by atoms with E-state index < -0.39 is 0 Å². The summed E-state index contributed by atoms with van der Waals surface area (Å²) in [5, 5.41) is 18.3. The Kier molecular flexibility index (Phi) is 10.3. The maximum Gasteiger partial charge on any atom is 0.0667 e. The molecule has 0 aliphatic carbocycles. The minimum atomic E-state index is -0.181. The number of unbranched alkanes of at least 4 members (excludes halogenated alkanes) is 3. The van der Waals surface area contributed by atoms with Gasteiger partial charge in [-0.2, -0.15) is 0 Å². The molecule has 0 aromatic carbocycles. The van der Waals surface area contributed by atoms with Gasteiger partial charge in [0.1, 0.15) is 0 Å². The van der Waals surface area contributed by atoms with Gasteiger partial charge in [-0.05, 0) is 25.9 Å². The first kappa shape index (κ1) is 14.9. The van der Waals surface area contributed by atoms with Gasteiger partial charge >= 0.3 is 0 Å². The quantitative estimate of drug-likeness (QED) is 0.547. The van der Waals surface area contributed by atoms with Crippen LogP contribution in [0.1, 0.15) is 46.0 Å². The van der Waals surface area contributed by atoms with Crippen LogP contribution in [0.4, 0.5) is 0 Å². The molecule has 92 valence electrons. The minimum absolute atomic E-state index is 0.181. The van der Waals surface area contributed by atoms with Crippen molar-refractivity contribution < 1.29 is 10.2 Å². The van der Waals surface area contributed by atoms with Crippen molar-refractivity contribution in [2.45, 2.75) is 52.1 Å². The fourth-order valence-corrected chi connectivity index (χ4v) is 1.72. The van der Waals surface area contributed by atoms with Gasteiger partial charge in [-0.3, -0.25) is 0 Å². The highest BCUT2D eigenvalue weighted by molar-refractivity contribution is 4.62. The Morgan fingerprint density at radius 2 is 1.60 bits per heavy atom. The summed E-state index contributed by atoms with van der Waals surface area (Å²) >= 11 is 0. The van der Waals surface area contributed by atoms with Gasteiger partial charge < -0.3 is 15.1 Å². The van der Waals surface area contributed by atoms with Crippen molar-refractivity contribution in [1.29, 1.82) is 0 Å². The Morgan fingerprint density at radius 3 is 2.13 bits per heavy atom. The van der Waals surface area contributed by atoms with Crippen molar-refractivity contribution in [2.24, 2.45) is 0 Å². The SMILES string of the molecule is CCN(CC)CC(O)CCCCCCO. The molecule has 0 fully saturated rings. The van der Waals surface area contributed by atoms with E-state index in [4.69, 9.17) is 5.11 Å². The molecule has 0 aliphatic heterocycles. The predicted octanol–water partition coefficient (Wildman–Crippen LogP) is 1.63. The Morgan fingerprint density at radius 1 is 1.00 bits per heavy atom. The fraction of sp³-hybridized carbons (Fsp3) is 1.00. The molecule has 0 amide bonds. The Hall–Kier alpha value is -0.120. The molecule has 15 heavy (non-hydrogen) atoms. The summed E-state index contributed by atoms with van der Waals surface area (Å²) in [5.74, 6) is 0. The molecule has 0 bridgehead atoms. The molecule has 0 saturated heterocycles. The van der Waals surface area contributed by atoms with Crippen LogP contribution in [0.5, 0.6) is 0 Å². The molecular formula is C12H27NO2. The van der Waals surface area contributed by atoms with E-state index in [1.807, 2.05) is 0 Å². The summed E-state index contributed by atoms with van der Waals surface area (Å²) in [6, 6.07) is 0. The normalized spacial score (nSPS) is 13.4. The molecule has 0 heterocycles. The highest BCUT2D eigenvalue weighted by atomic mass is 16.3. The molecule has 3 nitrogen and oxygen atoms in total. The van der Waals surface area contributed by atoms with Gasteiger partial charge in [0.05, 0.1) is 6.10 Å². The third-order valence-electron chi connectivity index (χ3n) is 2.81. The topological polar surface area (TPSA) is 43.7 Å². The highest BCUT2D eigenvalue weighted by Gasteiger charge is 2.07. The number of hydrogen-bond acceptors (Lipinski definition) is 3. The lowest BCUT2D eigenvalue weighted by Crippen LogP contribution is -2.32. The number of rotatable bonds is 10. The van der Waals surface area contributed by atoms with E-state index >= 15 is 0 Å². The summed E-state index contributed by atoms with van der Waals surface area (Å²) in [7, 11) is 0. The first-order chi connectivity index (χ1) is 7.24. The average molecular weight is 217 g/mol. The molecule has 2 N–H and O–H groups in total. The largest absolute Gasteiger partial charge is 0.396 e. The summed E-state index contributed by atoms with van der Waals surface area (Å²) in [6.07, 6.45) is 4.87. The second kappa shape index (κ2) is 10.4. The Balaban J connectivity index is 3.35. The standard InChI is InChI=1S/C12H27NO2/c1-3-13(4-2)11-12(15)9-7-5-6-8-10-14/h12,14-15H,3-11H2,1-2H3. The number of aliphatic hydroxyl groups excluding tert-OH is 2. The summed E-state index contributed by atoms with van der Waals surface area (Å²) in [4.78, 5) is 2.25. The monoisotopic (exact) mass is 217 g/mol. The molecule has 0 aliphatic rings. The van der Waals surface area contributed by atoms with Crippen molar-refractivity contribution in [3.05, 3.63) is 0 Å². The number of nitrogens with zero attached hydrogens (tertiary/aromatic N) is 1. The average Bonchev–Trinajstić information content (AvgIpc) is 2.25. The maximum atomic E-state index is 9.75. The van der Waals surface area contributed by atoms with Gasteiger partial charge in [0.15, 0.2) is 0 Å². The summed E-state index contributed by atoms with van der Waals surface area (Å²) in [6.45, 7) is 7.36. The molecule has 1 unspecified atom stereocenters. The second-order valence-electron chi connectivity index (χ2n) is 4.07. The summed E-state index contributed by atoms with van der Waals surface area (Å²) in [5.41, 5.74) is 0. The maximum absolute atomic E-state index is 9.75. The zero-order valence-corrected chi connectivity index (χ0v) is 10.3. The molecular weight excluding hydrogens is 190 g/mol. The zero-order valence-electron chi connectivity index (χ0n) is 10.3. The van der Waals surface area contributed by atoms with Crippen LogP contribution in [0.25, 0.3) is 0 Å². The molecule has 3 heteroatoms. The van der Waals surface area contributed by atoms with E-state index in [0.717, 1.165) is 51.7 Å². The lowest BCUT2D eigenvalue weighted by Gasteiger charge is -2.21. The van der Waals surface area contributed by atoms with Crippen molar-refractivity contribution >= 4 is 0 Å². The lowest BCUT2D eigenvalue weighted by molar-refractivity contribution is 0.108. The first-order valence-corrected chi connectivity index (χ1v) is 6.25. The fourth-order valence-electron chi connectivity index (χ4n) is 1.72. The number of hydrogen-bond donors (Lipinski definition) is 2. The third kappa shape index (κ3) is 8.85. The van der Waals surface area contributed by atoms with Crippen molar-refractivity contribution in [3.63, 3.8) is 0 Å². The van der Waals surface area contributed by atoms with Gasteiger partial charge in [-0.15, -0.1) is 0 Å². The van der Waals surface area contributed by atoms with Gasteiger partial charge in [-0.1, -0.05) is 33.1 Å². The van der Waals surface area contributed by atoms with Crippen molar-refractivity contribution in [1.82, 2.24) is 4.90 Å². The van der Waals surface area contributed by atoms with Crippen LogP contribution in [0.2, 0.25) is 0 Å². The Labute approximate surface area is 94.1 Å². The molecule has 0 aromatic heterocycles. The van der Waals surface area contributed by atoms with E-state index in [0.29, 0.717) is 6.61 Å². The van der Waals surface area contributed by atoms with Gasteiger partial charge in [0.25, 0.3) is 0 Å². The zero-order chi connectivity index (χ0) is 11.5. The van der Waals surface area contributed by atoms with Crippen molar-refractivity contribution in [2.75, 3.05) is 26.2 Å². The van der Waals surface area contributed by atoms with Gasteiger partial charge in [0, 0.05) is 13.2 Å². The predicted molar refractivity (Wildman–Crippen MR) is 64.0 cm³/mol. The summed E-state index contributed by atoms with van der Waals surface area (Å²) < 4.78 is 0. The van der Waals surface area contributed by atoms with Gasteiger partial charge in [0.2, 0.25) is 0 Å². The molecule has 0 spiro atoms. The number of likely N-dealkylation sites (N-methyl/N-ethyl adjacent to an activating group) is 1. The minimum Gasteiger partial charge on any atom is -0.396 e. The van der Waals surface area contributed by atoms with Crippen LogP contribution in [0, 0.1) is 0 Å². The lowest BCUT2D eigenvalue weighted by atomic mass is 10.1. The molecule has 1 atom stereocenters. The van der Waals surface area contributed by atoms with Crippen molar-refractivity contribution in [3.8, 4) is 0 Å². The van der Waals surface area contributed by atoms with Gasteiger partial charge in [-0.25, -0.2) is 0 Å².